The molecule has 3 rings (SSSR count). The van der Waals surface area contributed by atoms with Gasteiger partial charge in [0.1, 0.15) is 5.76 Å². The molecule has 100 valence electrons. The standard InChI is InChI=1S/C16H20N2O/c1-12-14(7-8-19-12)10-18(2)11-15-9-13-5-3-4-6-16(13)17-15/h3-8,15,17H,9-11H2,1-2H3. The highest BCUT2D eigenvalue weighted by atomic mass is 16.3. The summed E-state index contributed by atoms with van der Waals surface area (Å²) in [6.07, 6.45) is 2.88. The second-order valence-electron chi connectivity index (χ2n) is 5.40. The van der Waals surface area contributed by atoms with Crippen molar-refractivity contribution in [3.63, 3.8) is 0 Å². The fourth-order valence-electron chi connectivity index (χ4n) is 2.79. The van der Waals surface area contributed by atoms with Crippen molar-refractivity contribution in [1.29, 1.82) is 0 Å². The molecule has 0 saturated heterocycles. The summed E-state index contributed by atoms with van der Waals surface area (Å²) in [6, 6.07) is 11.1. The van der Waals surface area contributed by atoms with E-state index in [4.69, 9.17) is 4.42 Å². The minimum Gasteiger partial charge on any atom is -0.469 e. The van der Waals surface area contributed by atoms with E-state index in [1.807, 2.05) is 6.92 Å². The molecule has 0 spiro atoms. The van der Waals surface area contributed by atoms with Crippen LogP contribution in [0, 0.1) is 6.92 Å². The van der Waals surface area contributed by atoms with Crippen molar-refractivity contribution in [2.75, 3.05) is 18.9 Å². The molecular formula is C16H20N2O. The maximum atomic E-state index is 5.34. The van der Waals surface area contributed by atoms with E-state index in [1.54, 1.807) is 6.26 Å². The van der Waals surface area contributed by atoms with E-state index in [0.29, 0.717) is 6.04 Å². The zero-order valence-electron chi connectivity index (χ0n) is 11.5. The van der Waals surface area contributed by atoms with Crippen molar-refractivity contribution in [3.05, 3.63) is 53.5 Å². The molecule has 2 heterocycles. The lowest BCUT2D eigenvalue weighted by Crippen LogP contribution is -2.32. The molecule has 1 N–H and O–H groups in total. The third-order valence-corrected chi connectivity index (χ3v) is 3.78. The maximum absolute atomic E-state index is 5.34. The molecule has 0 radical (unpaired) electrons. The number of para-hydroxylation sites is 1. The Morgan fingerprint density at radius 1 is 1.32 bits per heavy atom. The van der Waals surface area contributed by atoms with Gasteiger partial charge in [-0.2, -0.15) is 0 Å². The molecule has 1 atom stereocenters. The molecule has 0 saturated carbocycles. The summed E-state index contributed by atoms with van der Waals surface area (Å²) in [6.45, 7) is 4.00. The molecule has 3 heteroatoms. The van der Waals surface area contributed by atoms with Crippen LogP contribution >= 0.6 is 0 Å². The minimum absolute atomic E-state index is 0.509. The predicted molar refractivity (Wildman–Crippen MR) is 77.3 cm³/mol. The Morgan fingerprint density at radius 2 is 2.16 bits per heavy atom. The Bertz CT molecular complexity index is 536. The number of nitrogens with zero attached hydrogens (tertiary/aromatic N) is 1. The van der Waals surface area contributed by atoms with Gasteiger partial charge in [-0.05, 0) is 38.1 Å². The van der Waals surface area contributed by atoms with E-state index in [0.717, 1.165) is 25.3 Å². The average Bonchev–Trinajstić information content (AvgIpc) is 2.95. The normalized spacial score (nSPS) is 17.5. The molecule has 1 unspecified atom stereocenters. The quantitative estimate of drug-likeness (QED) is 0.911. The van der Waals surface area contributed by atoms with Gasteiger partial charge >= 0.3 is 0 Å². The van der Waals surface area contributed by atoms with Gasteiger partial charge in [0.2, 0.25) is 0 Å². The largest absolute Gasteiger partial charge is 0.469 e. The van der Waals surface area contributed by atoms with Crippen LogP contribution < -0.4 is 5.32 Å². The summed E-state index contributed by atoms with van der Waals surface area (Å²) < 4.78 is 5.34. The number of hydrogen-bond acceptors (Lipinski definition) is 3. The van der Waals surface area contributed by atoms with E-state index < -0.39 is 0 Å². The lowest BCUT2D eigenvalue weighted by molar-refractivity contribution is 0.310. The first-order chi connectivity index (χ1) is 9.22. The molecule has 3 nitrogen and oxygen atoms in total. The topological polar surface area (TPSA) is 28.4 Å². The van der Waals surface area contributed by atoms with Crippen LogP contribution in [0.25, 0.3) is 0 Å². The first-order valence-electron chi connectivity index (χ1n) is 6.78. The maximum Gasteiger partial charge on any atom is 0.105 e. The average molecular weight is 256 g/mol. The summed E-state index contributed by atoms with van der Waals surface area (Å²) in [5.41, 5.74) is 4.00. The highest BCUT2D eigenvalue weighted by Gasteiger charge is 2.21. The van der Waals surface area contributed by atoms with Gasteiger partial charge in [0.25, 0.3) is 0 Å². The first kappa shape index (κ1) is 12.3. The molecule has 1 aromatic heterocycles. The summed E-state index contributed by atoms with van der Waals surface area (Å²) in [5.74, 6) is 1.02. The van der Waals surface area contributed by atoms with Crippen molar-refractivity contribution >= 4 is 5.69 Å². The number of likely N-dealkylation sites (N-methyl/N-ethyl adjacent to an activating group) is 1. The second-order valence-corrected chi connectivity index (χ2v) is 5.40. The van der Waals surface area contributed by atoms with Crippen LogP contribution in [0.3, 0.4) is 0 Å². The van der Waals surface area contributed by atoms with Crippen LogP contribution in [0.2, 0.25) is 0 Å². The number of anilines is 1. The van der Waals surface area contributed by atoms with Crippen LogP contribution in [0.15, 0.2) is 41.0 Å². The van der Waals surface area contributed by atoms with Crippen molar-refractivity contribution in [2.45, 2.75) is 25.9 Å². The Balaban J connectivity index is 1.57. The number of nitrogens with one attached hydrogen (secondary N) is 1. The number of furan rings is 1. The van der Waals surface area contributed by atoms with Crippen LogP contribution in [0.5, 0.6) is 0 Å². The summed E-state index contributed by atoms with van der Waals surface area (Å²) >= 11 is 0. The van der Waals surface area contributed by atoms with Crippen LogP contribution in [0.4, 0.5) is 5.69 Å². The van der Waals surface area contributed by atoms with E-state index in [-0.39, 0.29) is 0 Å². The van der Waals surface area contributed by atoms with Gasteiger partial charge in [0, 0.05) is 30.4 Å². The monoisotopic (exact) mass is 256 g/mol. The van der Waals surface area contributed by atoms with Crippen molar-refractivity contribution in [1.82, 2.24) is 4.90 Å². The Labute approximate surface area is 114 Å². The molecule has 19 heavy (non-hydrogen) atoms. The van der Waals surface area contributed by atoms with Gasteiger partial charge in [-0.25, -0.2) is 0 Å². The van der Waals surface area contributed by atoms with Gasteiger partial charge in [-0.15, -0.1) is 0 Å². The highest BCUT2D eigenvalue weighted by Crippen LogP contribution is 2.25. The lowest BCUT2D eigenvalue weighted by Gasteiger charge is -2.21. The number of aryl methyl sites for hydroxylation is 1. The number of fused-ring (bicyclic) bond motifs is 1. The third kappa shape index (κ3) is 2.66. The zero-order valence-corrected chi connectivity index (χ0v) is 11.5. The summed E-state index contributed by atoms with van der Waals surface area (Å²) in [5, 5.41) is 3.59. The third-order valence-electron chi connectivity index (χ3n) is 3.78. The molecule has 1 aromatic carbocycles. The molecule has 0 amide bonds. The van der Waals surface area contributed by atoms with E-state index in [1.165, 1.54) is 16.8 Å². The van der Waals surface area contributed by atoms with Crippen molar-refractivity contribution < 1.29 is 4.42 Å². The molecule has 2 aromatic rings. The predicted octanol–water partition coefficient (Wildman–Crippen LogP) is 3.06. The van der Waals surface area contributed by atoms with Crippen molar-refractivity contribution in [2.24, 2.45) is 0 Å². The lowest BCUT2D eigenvalue weighted by atomic mass is 10.1. The van der Waals surface area contributed by atoms with Crippen LogP contribution in [0.1, 0.15) is 16.9 Å². The highest BCUT2D eigenvalue weighted by molar-refractivity contribution is 5.56. The summed E-state index contributed by atoms with van der Waals surface area (Å²) in [4.78, 5) is 2.35. The van der Waals surface area contributed by atoms with Crippen LogP contribution in [-0.2, 0) is 13.0 Å². The van der Waals surface area contributed by atoms with Gasteiger partial charge < -0.3 is 9.73 Å². The molecule has 1 aliphatic rings. The molecule has 0 bridgehead atoms. The Hall–Kier alpha value is -1.74. The zero-order chi connectivity index (χ0) is 13.2. The summed E-state index contributed by atoms with van der Waals surface area (Å²) in [7, 11) is 2.16. The van der Waals surface area contributed by atoms with Crippen LogP contribution in [-0.4, -0.2) is 24.5 Å². The Morgan fingerprint density at radius 3 is 2.89 bits per heavy atom. The minimum atomic E-state index is 0.509. The first-order valence-corrected chi connectivity index (χ1v) is 6.78. The molecule has 0 fully saturated rings. The second kappa shape index (κ2) is 5.10. The van der Waals surface area contributed by atoms with E-state index >= 15 is 0 Å². The van der Waals surface area contributed by atoms with Crippen molar-refractivity contribution in [3.8, 4) is 0 Å². The van der Waals surface area contributed by atoms with Gasteiger partial charge in [0.15, 0.2) is 0 Å². The number of benzene rings is 1. The Kier molecular flexibility index (Phi) is 3.30. The smallest absolute Gasteiger partial charge is 0.105 e. The molecule has 0 aliphatic carbocycles. The molecular weight excluding hydrogens is 236 g/mol. The van der Waals surface area contributed by atoms with Gasteiger partial charge in [-0.1, -0.05) is 18.2 Å². The molecule has 1 aliphatic heterocycles. The van der Waals surface area contributed by atoms with E-state index in [2.05, 4.69) is 47.6 Å². The fourth-order valence-corrected chi connectivity index (χ4v) is 2.79. The SMILES string of the molecule is Cc1occc1CN(C)CC1Cc2ccccc2N1. The van der Waals surface area contributed by atoms with Gasteiger partial charge in [-0.3, -0.25) is 4.90 Å². The fraction of sp³-hybridized carbons (Fsp3) is 0.375. The van der Waals surface area contributed by atoms with Gasteiger partial charge in [0.05, 0.1) is 6.26 Å². The number of rotatable bonds is 4. The number of hydrogen-bond donors (Lipinski definition) is 1. The van der Waals surface area contributed by atoms with E-state index in [9.17, 15) is 0 Å².